The standard InChI is InChI=1S/C19H24N4O3/c1-13-17(14(2)26-21-13)19(24)23-11-7-15(12-23)25-16-6-5-8-20-18(16)22-9-3-4-10-22/h5-6,8,15H,3-4,7,9-12H2,1-2H3/t15-/m1/s1. The second kappa shape index (κ2) is 6.97. The minimum absolute atomic E-state index is 0.0232. The Morgan fingerprint density at radius 1 is 1.27 bits per heavy atom. The number of amides is 1. The van der Waals surface area contributed by atoms with E-state index in [4.69, 9.17) is 9.26 Å². The fourth-order valence-corrected chi connectivity index (χ4v) is 3.78. The summed E-state index contributed by atoms with van der Waals surface area (Å²) >= 11 is 0. The Morgan fingerprint density at radius 2 is 2.08 bits per heavy atom. The second-order valence-corrected chi connectivity index (χ2v) is 7.00. The smallest absolute Gasteiger partial charge is 0.259 e. The number of likely N-dealkylation sites (tertiary alicyclic amines) is 1. The Bertz CT molecular complexity index is 778. The zero-order valence-corrected chi connectivity index (χ0v) is 15.3. The van der Waals surface area contributed by atoms with Gasteiger partial charge in [0.2, 0.25) is 0 Å². The van der Waals surface area contributed by atoms with Crippen molar-refractivity contribution in [1.82, 2.24) is 15.0 Å². The second-order valence-electron chi connectivity index (χ2n) is 7.00. The van der Waals surface area contributed by atoms with Gasteiger partial charge in [-0.2, -0.15) is 0 Å². The highest BCUT2D eigenvalue weighted by Crippen LogP contribution is 2.30. The summed E-state index contributed by atoms with van der Waals surface area (Å²) in [5.74, 6) is 2.27. The molecule has 138 valence electrons. The van der Waals surface area contributed by atoms with Crippen molar-refractivity contribution in [2.24, 2.45) is 0 Å². The third-order valence-electron chi connectivity index (χ3n) is 5.13. The highest BCUT2D eigenvalue weighted by molar-refractivity contribution is 5.96. The van der Waals surface area contributed by atoms with E-state index >= 15 is 0 Å². The van der Waals surface area contributed by atoms with Crippen molar-refractivity contribution in [3.8, 4) is 5.75 Å². The highest BCUT2D eigenvalue weighted by atomic mass is 16.5. The molecule has 2 aromatic rings. The van der Waals surface area contributed by atoms with Gasteiger partial charge in [0.05, 0.1) is 12.2 Å². The van der Waals surface area contributed by atoms with Crippen LogP contribution in [0.1, 0.15) is 41.1 Å². The summed E-state index contributed by atoms with van der Waals surface area (Å²) in [5.41, 5.74) is 1.21. The SMILES string of the molecule is Cc1noc(C)c1C(=O)N1CC[C@@H](Oc2cccnc2N2CCCC2)C1. The Hall–Kier alpha value is -2.57. The zero-order valence-electron chi connectivity index (χ0n) is 15.3. The van der Waals surface area contributed by atoms with E-state index in [1.165, 1.54) is 12.8 Å². The number of hydrogen-bond acceptors (Lipinski definition) is 6. The zero-order chi connectivity index (χ0) is 18.1. The lowest BCUT2D eigenvalue weighted by molar-refractivity contribution is 0.0770. The molecule has 7 heteroatoms. The number of hydrogen-bond donors (Lipinski definition) is 0. The normalized spacial score (nSPS) is 20.0. The first-order valence-corrected chi connectivity index (χ1v) is 9.22. The van der Waals surface area contributed by atoms with Gasteiger partial charge in [-0.25, -0.2) is 4.98 Å². The quantitative estimate of drug-likeness (QED) is 0.838. The summed E-state index contributed by atoms with van der Waals surface area (Å²) in [7, 11) is 0. The molecule has 2 saturated heterocycles. The molecule has 2 aromatic heterocycles. The molecule has 0 spiro atoms. The fraction of sp³-hybridized carbons (Fsp3) is 0.526. The summed E-state index contributed by atoms with van der Waals surface area (Å²) in [6.45, 7) is 6.86. The molecule has 4 rings (SSSR count). The van der Waals surface area contributed by atoms with E-state index in [0.29, 0.717) is 30.1 Å². The molecule has 26 heavy (non-hydrogen) atoms. The molecule has 0 aliphatic carbocycles. The molecule has 0 unspecified atom stereocenters. The summed E-state index contributed by atoms with van der Waals surface area (Å²) in [5, 5.41) is 3.88. The van der Waals surface area contributed by atoms with Gasteiger partial charge in [0, 0.05) is 32.3 Å². The summed E-state index contributed by atoms with van der Waals surface area (Å²) in [6, 6.07) is 3.87. The van der Waals surface area contributed by atoms with E-state index in [2.05, 4.69) is 15.0 Å². The average Bonchev–Trinajstić information content (AvgIpc) is 3.37. The van der Waals surface area contributed by atoms with Crippen molar-refractivity contribution in [1.29, 1.82) is 0 Å². The van der Waals surface area contributed by atoms with E-state index < -0.39 is 0 Å². The number of aryl methyl sites for hydroxylation is 2. The van der Waals surface area contributed by atoms with E-state index in [1.807, 2.05) is 23.2 Å². The van der Waals surface area contributed by atoms with Gasteiger partial charge in [-0.1, -0.05) is 5.16 Å². The lowest BCUT2D eigenvalue weighted by Crippen LogP contribution is -2.31. The average molecular weight is 356 g/mol. The maximum atomic E-state index is 12.8. The van der Waals surface area contributed by atoms with Gasteiger partial charge in [0.1, 0.15) is 17.4 Å². The van der Waals surface area contributed by atoms with Crippen molar-refractivity contribution in [2.45, 2.75) is 39.2 Å². The van der Waals surface area contributed by atoms with Crippen LogP contribution in [0.25, 0.3) is 0 Å². The van der Waals surface area contributed by atoms with Crippen LogP contribution in [0.5, 0.6) is 5.75 Å². The van der Waals surface area contributed by atoms with Crippen molar-refractivity contribution >= 4 is 11.7 Å². The highest BCUT2D eigenvalue weighted by Gasteiger charge is 2.32. The van der Waals surface area contributed by atoms with Crippen LogP contribution in [0.3, 0.4) is 0 Å². The summed E-state index contributed by atoms with van der Waals surface area (Å²) < 4.78 is 11.4. The number of pyridine rings is 1. The first kappa shape index (κ1) is 16.9. The molecule has 1 amide bonds. The number of carbonyl (C=O) groups is 1. The number of ether oxygens (including phenoxy) is 1. The molecule has 7 nitrogen and oxygen atoms in total. The minimum Gasteiger partial charge on any atom is -0.485 e. The molecule has 0 aromatic carbocycles. The van der Waals surface area contributed by atoms with Gasteiger partial charge in [0.15, 0.2) is 11.6 Å². The number of rotatable bonds is 4. The van der Waals surface area contributed by atoms with Gasteiger partial charge in [-0.3, -0.25) is 4.79 Å². The third-order valence-corrected chi connectivity index (χ3v) is 5.13. The molecule has 1 atom stereocenters. The molecular formula is C19H24N4O3. The Kier molecular flexibility index (Phi) is 4.53. The summed E-state index contributed by atoms with van der Waals surface area (Å²) in [6.07, 6.45) is 4.98. The predicted octanol–water partition coefficient (Wildman–Crippen LogP) is 2.58. The Balaban J connectivity index is 1.45. The fourth-order valence-electron chi connectivity index (χ4n) is 3.78. The minimum atomic E-state index is -0.0293. The maximum Gasteiger partial charge on any atom is 0.259 e. The van der Waals surface area contributed by atoms with Crippen LogP contribution in [0.15, 0.2) is 22.9 Å². The monoisotopic (exact) mass is 356 g/mol. The van der Waals surface area contributed by atoms with E-state index in [-0.39, 0.29) is 12.0 Å². The van der Waals surface area contributed by atoms with Crippen LogP contribution in [-0.2, 0) is 0 Å². The van der Waals surface area contributed by atoms with Gasteiger partial charge in [-0.15, -0.1) is 0 Å². The maximum absolute atomic E-state index is 12.8. The van der Waals surface area contributed by atoms with Crippen molar-refractivity contribution in [3.05, 3.63) is 35.3 Å². The molecule has 0 saturated carbocycles. The molecule has 0 radical (unpaired) electrons. The van der Waals surface area contributed by atoms with Gasteiger partial charge >= 0.3 is 0 Å². The summed E-state index contributed by atoms with van der Waals surface area (Å²) in [4.78, 5) is 21.4. The van der Waals surface area contributed by atoms with Crippen LogP contribution in [0, 0.1) is 13.8 Å². The van der Waals surface area contributed by atoms with Crippen LogP contribution >= 0.6 is 0 Å². The molecular weight excluding hydrogens is 332 g/mol. The molecule has 0 N–H and O–H groups in total. The van der Waals surface area contributed by atoms with E-state index in [9.17, 15) is 4.79 Å². The van der Waals surface area contributed by atoms with Crippen molar-refractivity contribution < 1.29 is 14.1 Å². The van der Waals surface area contributed by atoms with Crippen LogP contribution < -0.4 is 9.64 Å². The first-order valence-electron chi connectivity index (χ1n) is 9.22. The van der Waals surface area contributed by atoms with Gasteiger partial charge in [-0.05, 0) is 38.8 Å². The Morgan fingerprint density at radius 3 is 2.81 bits per heavy atom. The number of nitrogens with zero attached hydrogens (tertiary/aromatic N) is 4. The molecule has 2 aliphatic rings. The van der Waals surface area contributed by atoms with Crippen molar-refractivity contribution in [2.75, 3.05) is 31.1 Å². The van der Waals surface area contributed by atoms with Crippen LogP contribution in [0.4, 0.5) is 5.82 Å². The lowest BCUT2D eigenvalue weighted by Gasteiger charge is -2.22. The van der Waals surface area contributed by atoms with Crippen LogP contribution in [-0.4, -0.2) is 53.2 Å². The topological polar surface area (TPSA) is 71.7 Å². The van der Waals surface area contributed by atoms with Gasteiger partial charge < -0.3 is 19.1 Å². The molecule has 0 bridgehead atoms. The van der Waals surface area contributed by atoms with E-state index in [1.54, 1.807) is 13.8 Å². The van der Waals surface area contributed by atoms with E-state index in [0.717, 1.165) is 31.1 Å². The largest absolute Gasteiger partial charge is 0.485 e. The van der Waals surface area contributed by atoms with Crippen molar-refractivity contribution in [3.63, 3.8) is 0 Å². The first-order chi connectivity index (χ1) is 12.6. The lowest BCUT2D eigenvalue weighted by atomic mass is 10.2. The van der Waals surface area contributed by atoms with Crippen LogP contribution in [0.2, 0.25) is 0 Å². The molecule has 4 heterocycles. The molecule has 2 fully saturated rings. The molecule has 2 aliphatic heterocycles. The predicted molar refractivity (Wildman–Crippen MR) is 96.6 cm³/mol. The number of carbonyl (C=O) groups excluding carboxylic acids is 1. The number of anilines is 1. The number of aromatic nitrogens is 2. The Labute approximate surface area is 152 Å². The third kappa shape index (κ3) is 3.13. The van der Waals surface area contributed by atoms with Gasteiger partial charge in [0.25, 0.3) is 5.91 Å².